The molecule has 0 saturated carbocycles. The van der Waals surface area contributed by atoms with Crippen molar-refractivity contribution in [2.24, 2.45) is 5.92 Å². The molecule has 2 nitrogen and oxygen atoms in total. The molecule has 1 atom stereocenters. The maximum Gasteiger partial charge on any atom is 0.308 e. The van der Waals surface area contributed by atoms with Gasteiger partial charge in [-0.3, -0.25) is 4.79 Å². The van der Waals surface area contributed by atoms with Gasteiger partial charge in [-0.2, -0.15) is 0 Å². The number of aryl methyl sites for hydroxylation is 3. The SMILES string of the molecule is COC(=O)C(C)CCc1ccc(C)cc1C. The summed E-state index contributed by atoms with van der Waals surface area (Å²) in [6.07, 6.45) is 1.78. The number of ether oxygens (including phenoxy) is 1. The van der Waals surface area contributed by atoms with Crippen LogP contribution in [-0.4, -0.2) is 13.1 Å². The summed E-state index contributed by atoms with van der Waals surface area (Å²) in [4.78, 5) is 11.2. The fraction of sp³-hybridized carbons (Fsp3) is 0.500. The molecule has 0 aliphatic rings. The minimum Gasteiger partial charge on any atom is -0.469 e. The van der Waals surface area contributed by atoms with Crippen molar-refractivity contribution in [1.29, 1.82) is 0 Å². The van der Waals surface area contributed by atoms with Gasteiger partial charge in [0.15, 0.2) is 0 Å². The Labute approximate surface area is 97.6 Å². The van der Waals surface area contributed by atoms with Gasteiger partial charge in [0.05, 0.1) is 13.0 Å². The Balaban J connectivity index is 2.58. The van der Waals surface area contributed by atoms with Crippen molar-refractivity contribution in [1.82, 2.24) is 0 Å². The third-order valence-electron chi connectivity index (χ3n) is 2.95. The topological polar surface area (TPSA) is 26.3 Å². The summed E-state index contributed by atoms with van der Waals surface area (Å²) in [5, 5.41) is 0. The predicted octanol–water partition coefficient (Wildman–Crippen LogP) is 3.05. The summed E-state index contributed by atoms with van der Waals surface area (Å²) in [7, 11) is 1.44. The highest BCUT2D eigenvalue weighted by Crippen LogP contribution is 2.15. The second-order valence-corrected chi connectivity index (χ2v) is 4.39. The van der Waals surface area contributed by atoms with Crippen LogP contribution in [0.25, 0.3) is 0 Å². The molecule has 1 aromatic rings. The minimum atomic E-state index is -0.121. The van der Waals surface area contributed by atoms with Crippen LogP contribution in [0.1, 0.15) is 30.0 Å². The van der Waals surface area contributed by atoms with Crippen molar-refractivity contribution in [3.63, 3.8) is 0 Å². The Bertz CT molecular complexity index is 369. The van der Waals surface area contributed by atoms with Gasteiger partial charge in [0.1, 0.15) is 0 Å². The second-order valence-electron chi connectivity index (χ2n) is 4.39. The van der Waals surface area contributed by atoms with E-state index >= 15 is 0 Å². The highest BCUT2D eigenvalue weighted by atomic mass is 16.5. The fourth-order valence-electron chi connectivity index (χ4n) is 1.82. The van der Waals surface area contributed by atoms with Crippen molar-refractivity contribution < 1.29 is 9.53 Å². The van der Waals surface area contributed by atoms with E-state index in [1.54, 1.807) is 0 Å². The Kier molecular flexibility index (Phi) is 4.53. The summed E-state index contributed by atoms with van der Waals surface area (Å²) in [6, 6.07) is 6.44. The maximum atomic E-state index is 11.2. The van der Waals surface area contributed by atoms with Crippen molar-refractivity contribution in [3.8, 4) is 0 Å². The monoisotopic (exact) mass is 220 g/mol. The van der Waals surface area contributed by atoms with Gasteiger partial charge in [0.25, 0.3) is 0 Å². The number of rotatable bonds is 4. The molecule has 0 amide bonds. The van der Waals surface area contributed by atoms with E-state index in [-0.39, 0.29) is 11.9 Å². The first-order chi connectivity index (χ1) is 7.54. The van der Waals surface area contributed by atoms with E-state index < -0.39 is 0 Å². The van der Waals surface area contributed by atoms with E-state index in [0.717, 1.165) is 12.8 Å². The molecule has 0 N–H and O–H groups in total. The Morgan fingerprint density at radius 1 is 1.38 bits per heavy atom. The van der Waals surface area contributed by atoms with E-state index in [1.807, 2.05) is 6.92 Å². The largest absolute Gasteiger partial charge is 0.469 e. The Morgan fingerprint density at radius 3 is 2.62 bits per heavy atom. The average molecular weight is 220 g/mol. The van der Waals surface area contributed by atoms with Crippen LogP contribution in [0.2, 0.25) is 0 Å². The molecule has 0 aliphatic heterocycles. The quantitative estimate of drug-likeness (QED) is 0.729. The third-order valence-corrected chi connectivity index (χ3v) is 2.95. The number of methoxy groups -OCH3 is 1. The second kappa shape index (κ2) is 5.69. The molecule has 1 rings (SSSR count). The van der Waals surface area contributed by atoms with Crippen LogP contribution in [0, 0.1) is 19.8 Å². The Hall–Kier alpha value is -1.31. The standard InChI is InChI=1S/C14H20O2/c1-10-5-7-13(12(3)9-10)8-6-11(2)14(15)16-4/h5,7,9,11H,6,8H2,1-4H3. The lowest BCUT2D eigenvalue weighted by atomic mass is 9.97. The van der Waals surface area contributed by atoms with Crippen molar-refractivity contribution in [2.45, 2.75) is 33.6 Å². The minimum absolute atomic E-state index is 0.0225. The molecule has 1 aromatic carbocycles. The molecule has 1 unspecified atom stereocenters. The first-order valence-electron chi connectivity index (χ1n) is 5.68. The molecule has 0 aliphatic carbocycles. The van der Waals surface area contributed by atoms with E-state index in [4.69, 9.17) is 4.74 Å². The summed E-state index contributed by atoms with van der Waals surface area (Å²) < 4.78 is 4.71. The van der Waals surface area contributed by atoms with Crippen LogP contribution in [0.15, 0.2) is 18.2 Å². The molecule has 88 valence electrons. The van der Waals surface area contributed by atoms with Gasteiger partial charge < -0.3 is 4.74 Å². The number of hydrogen-bond donors (Lipinski definition) is 0. The zero-order chi connectivity index (χ0) is 12.1. The van der Waals surface area contributed by atoms with Gasteiger partial charge in [0, 0.05) is 0 Å². The molecular formula is C14H20O2. The summed E-state index contributed by atoms with van der Waals surface area (Å²) in [5.74, 6) is -0.143. The third kappa shape index (κ3) is 3.37. The molecule has 0 bridgehead atoms. The zero-order valence-electron chi connectivity index (χ0n) is 10.5. The van der Waals surface area contributed by atoms with Crippen molar-refractivity contribution in [2.75, 3.05) is 7.11 Å². The number of benzene rings is 1. The highest BCUT2D eigenvalue weighted by Gasteiger charge is 2.13. The lowest BCUT2D eigenvalue weighted by Crippen LogP contribution is -2.13. The lowest BCUT2D eigenvalue weighted by Gasteiger charge is -2.10. The van der Waals surface area contributed by atoms with E-state index in [9.17, 15) is 4.79 Å². The fourth-order valence-corrected chi connectivity index (χ4v) is 1.82. The number of carbonyl (C=O) groups excluding carboxylic acids is 1. The molecule has 0 heterocycles. The van der Waals surface area contributed by atoms with Gasteiger partial charge >= 0.3 is 5.97 Å². The molecule has 0 fully saturated rings. The van der Waals surface area contributed by atoms with Crippen LogP contribution in [-0.2, 0) is 16.0 Å². The predicted molar refractivity (Wildman–Crippen MR) is 65.4 cm³/mol. The summed E-state index contributed by atoms with van der Waals surface area (Å²) >= 11 is 0. The van der Waals surface area contributed by atoms with Gasteiger partial charge in [-0.1, -0.05) is 30.7 Å². The summed E-state index contributed by atoms with van der Waals surface area (Å²) in [5.41, 5.74) is 3.90. The van der Waals surface area contributed by atoms with Crippen LogP contribution in [0.3, 0.4) is 0 Å². The Morgan fingerprint density at radius 2 is 2.06 bits per heavy atom. The first kappa shape index (κ1) is 12.8. The molecule has 0 aromatic heterocycles. The number of esters is 1. The van der Waals surface area contributed by atoms with Gasteiger partial charge in [-0.05, 0) is 37.8 Å². The molecule has 0 spiro atoms. The van der Waals surface area contributed by atoms with Crippen molar-refractivity contribution >= 4 is 5.97 Å². The maximum absolute atomic E-state index is 11.2. The molecule has 0 saturated heterocycles. The normalized spacial score (nSPS) is 12.2. The number of carbonyl (C=O) groups is 1. The molecular weight excluding hydrogens is 200 g/mol. The highest BCUT2D eigenvalue weighted by molar-refractivity contribution is 5.71. The van der Waals surface area contributed by atoms with Crippen LogP contribution in [0.5, 0.6) is 0 Å². The average Bonchev–Trinajstić information content (AvgIpc) is 2.26. The molecule has 16 heavy (non-hydrogen) atoms. The summed E-state index contributed by atoms with van der Waals surface area (Å²) in [6.45, 7) is 6.12. The van der Waals surface area contributed by atoms with E-state index in [1.165, 1.54) is 23.8 Å². The van der Waals surface area contributed by atoms with Crippen LogP contribution in [0.4, 0.5) is 0 Å². The van der Waals surface area contributed by atoms with Crippen LogP contribution >= 0.6 is 0 Å². The lowest BCUT2D eigenvalue weighted by molar-refractivity contribution is -0.145. The van der Waals surface area contributed by atoms with Crippen LogP contribution < -0.4 is 0 Å². The molecule has 0 radical (unpaired) electrons. The first-order valence-corrected chi connectivity index (χ1v) is 5.68. The van der Waals surface area contributed by atoms with Gasteiger partial charge in [0.2, 0.25) is 0 Å². The smallest absolute Gasteiger partial charge is 0.308 e. The van der Waals surface area contributed by atoms with E-state index in [2.05, 4.69) is 32.0 Å². The van der Waals surface area contributed by atoms with E-state index in [0.29, 0.717) is 0 Å². The van der Waals surface area contributed by atoms with Crippen molar-refractivity contribution in [3.05, 3.63) is 34.9 Å². The number of hydrogen-bond acceptors (Lipinski definition) is 2. The van der Waals surface area contributed by atoms with Gasteiger partial charge in [-0.15, -0.1) is 0 Å². The zero-order valence-corrected chi connectivity index (χ0v) is 10.5. The molecule has 2 heteroatoms. The van der Waals surface area contributed by atoms with Gasteiger partial charge in [-0.25, -0.2) is 0 Å².